The number of aliphatic carboxylic acids is 1. The molecular formula is C11H20N4O5. The van der Waals surface area contributed by atoms with Gasteiger partial charge in [-0.1, -0.05) is 13.8 Å². The molecule has 0 aromatic heterocycles. The van der Waals surface area contributed by atoms with Crippen LogP contribution >= 0.6 is 0 Å². The maximum Gasteiger partial charge on any atom is 0.305 e. The van der Waals surface area contributed by atoms with Crippen molar-refractivity contribution in [2.24, 2.45) is 17.4 Å². The van der Waals surface area contributed by atoms with Gasteiger partial charge in [-0.15, -0.1) is 0 Å². The Hall–Kier alpha value is -2.16. The topological polar surface area (TPSA) is 165 Å². The van der Waals surface area contributed by atoms with Gasteiger partial charge >= 0.3 is 5.97 Å². The molecule has 0 saturated heterocycles. The van der Waals surface area contributed by atoms with Crippen LogP contribution in [0.1, 0.15) is 20.3 Å². The average Bonchev–Trinajstić information content (AvgIpc) is 2.33. The number of rotatable bonds is 8. The van der Waals surface area contributed by atoms with Crippen molar-refractivity contribution >= 4 is 23.7 Å². The molecule has 0 unspecified atom stereocenters. The molecule has 0 aromatic rings. The van der Waals surface area contributed by atoms with E-state index in [0.29, 0.717) is 0 Å². The summed E-state index contributed by atoms with van der Waals surface area (Å²) in [6.45, 7) is 3.07. The van der Waals surface area contributed by atoms with Crippen LogP contribution in [0.25, 0.3) is 0 Å². The van der Waals surface area contributed by atoms with E-state index in [1.165, 1.54) is 0 Å². The number of nitrogens with two attached hydrogens (primary N) is 2. The molecule has 2 atom stereocenters. The minimum absolute atomic E-state index is 0.274. The third-order valence-corrected chi connectivity index (χ3v) is 2.49. The molecule has 0 saturated carbocycles. The summed E-state index contributed by atoms with van der Waals surface area (Å²) in [6.07, 6.45) is -0.628. The van der Waals surface area contributed by atoms with Crippen molar-refractivity contribution in [3.8, 4) is 0 Å². The lowest BCUT2D eigenvalue weighted by atomic mass is 10.0. The van der Waals surface area contributed by atoms with Gasteiger partial charge in [0.2, 0.25) is 17.7 Å². The second kappa shape index (κ2) is 8.10. The van der Waals surface area contributed by atoms with E-state index < -0.39 is 42.2 Å². The second-order valence-electron chi connectivity index (χ2n) is 4.55. The molecule has 114 valence electrons. The summed E-state index contributed by atoms with van der Waals surface area (Å²) in [6, 6.07) is -2.27. The average molecular weight is 288 g/mol. The third-order valence-electron chi connectivity index (χ3n) is 2.49. The first kappa shape index (κ1) is 17.8. The minimum Gasteiger partial charge on any atom is -0.481 e. The number of hydrogen-bond acceptors (Lipinski definition) is 5. The molecule has 9 nitrogen and oxygen atoms in total. The number of carboxylic acid groups (broad SMARTS) is 1. The SMILES string of the molecule is CC(C)[C@H](NC(=O)CN)C(=O)N[C@@H](CC(=O)O)C(N)=O. The highest BCUT2D eigenvalue weighted by molar-refractivity contribution is 5.93. The smallest absolute Gasteiger partial charge is 0.305 e. The van der Waals surface area contributed by atoms with E-state index in [1.54, 1.807) is 13.8 Å². The molecule has 9 heteroatoms. The fraction of sp³-hybridized carbons (Fsp3) is 0.636. The molecular weight excluding hydrogens is 268 g/mol. The molecule has 0 aliphatic rings. The van der Waals surface area contributed by atoms with E-state index in [1.807, 2.05) is 0 Å². The van der Waals surface area contributed by atoms with Gasteiger partial charge < -0.3 is 27.2 Å². The van der Waals surface area contributed by atoms with E-state index >= 15 is 0 Å². The Labute approximate surface area is 116 Å². The van der Waals surface area contributed by atoms with Crippen LogP contribution in [0, 0.1) is 5.92 Å². The zero-order chi connectivity index (χ0) is 15.9. The monoisotopic (exact) mass is 288 g/mol. The van der Waals surface area contributed by atoms with Crippen LogP contribution in [0.4, 0.5) is 0 Å². The first-order valence-corrected chi connectivity index (χ1v) is 6.00. The summed E-state index contributed by atoms with van der Waals surface area (Å²) >= 11 is 0. The maximum atomic E-state index is 12.0. The lowest BCUT2D eigenvalue weighted by Gasteiger charge is -2.23. The standard InChI is InChI=1S/C11H20N4O5/c1-5(2)9(15-7(16)4-12)11(20)14-6(10(13)19)3-8(17)18/h5-6,9H,3-4,12H2,1-2H3,(H2,13,19)(H,14,20)(H,15,16)(H,17,18)/t6-,9-/m0/s1. The summed E-state index contributed by atoms with van der Waals surface area (Å²) in [5.74, 6) is -3.74. The van der Waals surface area contributed by atoms with Crippen molar-refractivity contribution in [1.82, 2.24) is 10.6 Å². The van der Waals surface area contributed by atoms with Crippen molar-refractivity contribution < 1.29 is 24.3 Å². The molecule has 0 heterocycles. The van der Waals surface area contributed by atoms with Gasteiger partial charge in [0.1, 0.15) is 12.1 Å². The molecule has 20 heavy (non-hydrogen) atoms. The first-order chi connectivity index (χ1) is 9.18. The highest BCUT2D eigenvalue weighted by Crippen LogP contribution is 2.03. The van der Waals surface area contributed by atoms with E-state index in [-0.39, 0.29) is 12.5 Å². The van der Waals surface area contributed by atoms with E-state index in [0.717, 1.165) is 0 Å². The Morgan fingerprint density at radius 2 is 1.70 bits per heavy atom. The van der Waals surface area contributed by atoms with Gasteiger partial charge in [0.25, 0.3) is 0 Å². The molecule has 3 amide bonds. The number of carbonyl (C=O) groups excluding carboxylic acids is 3. The summed E-state index contributed by atoms with van der Waals surface area (Å²) < 4.78 is 0. The van der Waals surface area contributed by atoms with Gasteiger partial charge in [-0.3, -0.25) is 19.2 Å². The summed E-state index contributed by atoms with van der Waals surface area (Å²) in [5.41, 5.74) is 10.2. The van der Waals surface area contributed by atoms with Crippen LogP contribution in [0.3, 0.4) is 0 Å². The van der Waals surface area contributed by atoms with Crippen LogP contribution < -0.4 is 22.1 Å². The number of nitrogens with one attached hydrogen (secondary N) is 2. The Bertz CT molecular complexity index is 396. The predicted molar refractivity (Wildman–Crippen MR) is 69.2 cm³/mol. The van der Waals surface area contributed by atoms with Crippen LogP contribution in [0.2, 0.25) is 0 Å². The number of carboxylic acids is 1. The third kappa shape index (κ3) is 6.14. The van der Waals surface area contributed by atoms with Gasteiger partial charge in [-0.2, -0.15) is 0 Å². The van der Waals surface area contributed by atoms with Crippen molar-refractivity contribution in [3.05, 3.63) is 0 Å². The first-order valence-electron chi connectivity index (χ1n) is 6.00. The zero-order valence-corrected chi connectivity index (χ0v) is 11.4. The van der Waals surface area contributed by atoms with E-state index in [4.69, 9.17) is 16.6 Å². The largest absolute Gasteiger partial charge is 0.481 e. The zero-order valence-electron chi connectivity index (χ0n) is 11.4. The number of hydrogen-bond donors (Lipinski definition) is 5. The van der Waals surface area contributed by atoms with Crippen LogP contribution in [0.5, 0.6) is 0 Å². The van der Waals surface area contributed by atoms with Crippen LogP contribution in [-0.4, -0.2) is 47.4 Å². The van der Waals surface area contributed by atoms with E-state index in [9.17, 15) is 19.2 Å². The molecule has 0 aliphatic heterocycles. The lowest BCUT2D eigenvalue weighted by Crippen LogP contribution is -2.55. The van der Waals surface area contributed by atoms with Gasteiger partial charge in [0.05, 0.1) is 13.0 Å². The quantitative estimate of drug-likeness (QED) is 0.332. The fourth-order valence-electron chi connectivity index (χ4n) is 1.43. The number of amides is 3. The maximum absolute atomic E-state index is 12.0. The molecule has 0 aromatic carbocycles. The van der Waals surface area contributed by atoms with Gasteiger partial charge in [-0.25, -0.2) is 0 Å². The van der Waals surface area contributed by atoms with E-state index in [2.05, 4.69) is 10.6 Å². The summed E-state index contributed by atoms with van der Waals surface area (Å²) in [5, 5.41) is 13.2. The predicted octanol–water partition coefficient (Wildman–Crippen LogP) is -2.47. The van der Waals surface area contributed by atoms with Crippen molar-refractivity contribution in [2.45, 2.75) is 32.4 Å². The van der Waals surface area contributed by atoms with Gasteiger partial charge in [0, 0.05) is 0 Å². The van der Waals surface area contributed by atoms with Crippen molar-refractivity contribution in [2.75, 3.05) is 6.54 Å². The molecule has 0 aliphatic carbocycles. The van der Waals surface area contributed by atoms with Gasteiger partial charge in [-0.05, 0) is 5.92 Å². The van der Waals surface area contributed by atoms with Crippen molar-refractivity contribution in [1.29, 1.82) is 0 Å². The van der Waals surface area contributed by atoms with Crippen LogP contribution in [0.15, 0.2) is 0 Å². The summed E-state index contributed by atoms with van der Waals surface area (Å²) in [7, 11) is 0. The second-order valence-corrected chi connectivity index (χ2v) is 4.55. The normalized spacial score (nSPS) is 13.4. The molecule has 0 bridgehead atoms. The molecule has 0 rings (SSSR count). The molecule has 0 fully saturated rings. The van der Waals surface area contributed by atoms with Crippen molar-refractivity contribution in [3.63, 3.8) is 0 Å². The van der Waals surface area contributed by atoms with Crippen LogP contribution in [-0.2, 0) is 19.2 Å². The van der Waals surface area contributed by atoms with Gasteiger partial charge in [0.15, 0.2) is 0 Å². The highest BCUT2D eigenvalue weighted by atomic mass is 16.4. The fourth-order valence-corrected chi connectivity index (χ4v) is 1.43. The Morgan fingerprint density at radius 3 is 2.05 bits per heavy atom. The molecule has 7 N–H and O–H groups in total. The summed E-state index contributed by atoms with van der Waals surface area (Å²) in [4.78, 5) is 44.8. The minimum atomic E-state index is -1.34. The highest BCUT2D eigenvalue weighted by Gasteiger charge is 2.28. The number of carbonyl (C=O) groups is 4. The Balaban J connectivity index is 4.84. The molecule has 0 spiro atoms. The lowest BCUT2D eigenvalue weighted by molar-refractivity contribution is -0.140. The number of primary amides is 1. The Kier molecular flexibility index (Phi) is 7.22. The molecule has 0 radical (unpaired) electrons. The Morgan fingerprint density at radius 1 is 1.15 bits per heavy atom.